The zero-order valence-corrected chi connectivity index (χ0v) is 29.7. The molecule has 0 aliphatic carbocycles. The molecule has 2 aromatic carbocycles. The number of piperazine rings is 1. The molecule has 6 heterocycles. The van der Waals surface area contributed by atoms with Crippen LogP contribution >= 0.6 is 22.9 Å². The summed E-state index contributed by atoms with van der Waals surface area (Å²) in [5, 5.41) is 12.6. The normalized spacial score (nSPS) is 20.1. The van der Waals surface area contributed by atoms with Crippen LogP contribution in [-0.4, -0.2) is 98.6 Å². The Labute approximate surface area is 296 Å². The van der Waals surface area contributed by atoms with Crippen LogP contribution in [0.2, 0.25) is 5.02 Å². The van der Waals surface area contributed by atoms with E-state index in [1.54, 1.807) is 26.8 Å². The van der Waals surface area contributed by atoms with Gasteiger partial charge in [-0.25, -0.2) is 23.4 Å². The molecule has 4 aliphatic rings. The average molecular weight is 730 g/mol. The maximum absolute atomic E-state index is 17.0. The van der Waals surface area contributed by atoms with Crippen molar-refractivity contribution in [1.29, 1.82) is 0 Å². The quantitative estimate of drug-likeness (QED) is 0.199. The van der Waals surface area contributed by atoms with Crippen molar-refractivity contribution in [3.05, 3.63) is 34.9 Å². The molecule has 0 spiro atoms. The number of halogens is 3. The Balaban J connectivity index is 1.30. The van der Waals surface area contributed by atoms with Gasteiger partial charge in [-0.05, 0) is 78.2 Å². The van der Waals surface area contributed by atoms with Crippen LogP contribution in [0.4, 0.5) is 29.3 Å². The summed E-state index contributed by atoms with van der Waals surface area (Å²) in [7, 11) is 0. The van der Waals surface area contributed by atoms with Gasteiger partial charge in [-0.15, -0.1) is 0 Å². The molecule has 16 heteroatoms. The minimum absolute atomic E-state index is 0.0136. The fourth-order valence-electron chi connectivity index (χ4n) is 7.14. The summed E-state index contributed by atoms with van der Waals surface area (Å²) in [5.41, 5.74) is -0.557. The molecule has 3 atom stereocenters. The Morgan fingerprint density at radius 2 is 1.82 bits per heavy atom. The fraction of sp³-hybridized carbons (Fsp3) is 0.500. The minimum atomic E-state index is -0.968. The lowest BCUT2D eigenvalue weighted by Gasteiger charge is -2.55. The van der Waals surface area contributed by atoms with E-state index in [-0.39, 0.29) is 61.2 Å². The van der Waals surface area contributed by atoms with Crippen molar-refractivity contribution in [2.75, 3.05) is 42.9 Å². The molecule has 2 bridgehead atoms. The van der Waals surface area contributed by atoms with Gasteiger partial charge in [-0.1, -0.05) is 29.4 Å². The smallest absolute Gasteiger partial charge is 0.413 e. The van der Waals surface area contributed by atoms with E-state index >= 15 is 8.78 Å². The highest BCUT2D eigenvalue weighted by atomic mass is 35.5. The van der Waals surface area contributed by atoms with Gasteiger partial charge in [0.15, 0.2) is 10.9 Å². The van der Waals surface area contributed by atoms with Gasteiger partial charge in [0.25, 0.3) is 0 Å². The van der Waals surface area contributed by atoms with Crippen LogP contribution in [0.5, 0.6) is 6.01 Å². The predicted molar refractivity (Wildman–Crippen MR) is 188 cm³/mol. The van der Waals surface area contributed by atoms with Crippen molar-refractivity contribution in [2.24, 2.45) is 0 Å². The Kier molecular flexibility index (Phi) is 9.10. The number of benzene rings is 2. The molecule has 4 saturated heterocycles. The average Bonchev–Trinajstić information content (AvgIpc) is 3.46. The topological polar surface area (TPSA) is 133 Å². The number of piperidine rings is 2. The second-order valence-corrected chi connectivity index (χ2v) is 15.5. The number of carbonyl (C=O) groups excluding carboxylic acids is 1. The Bertz CT molecular complexity index is 1970. The van der Waals surface area contributed by atoms with Crippen molar-refractivity contribution in [3.63, 3.8) is 0 Å². The minimum Gasteiger partial charge on any atom is -0.465 e. The Morgan fingerprint density at radius 3 is 2.50 bits per heavy atom. The van der Waals surface area contributed by atoms with Crippen LogP contribution in [0.15, 0.2) is 18.2 Å². The van der Waals surface area contributed by atoms with Crippen molar-refractivity contribution in [2.45, 2.75) is 77.2 Å². The highest BCUT2D eigenvalue weighted by Crippen LogP contribution is 2.44. The van der Waals surface area contributed by atoms with Crippen molar-refractivity contribution in [3.8, 4) is 17.1 Å². The van der Waals surface area contributed by atoms with E-state index in [4.69, 9.17) is 26.1 Å². The van der Waals surface area contributed by atoms with E-state index in [1.165, 1.54) is 23.5 Å². The van der Waals surface area contributed by atoms with Crippen LogP contribution in [0.25, 0.3) is 32.2 Å². The maximum atomic E-state index is 17.0. The van der Waals surface area contributed by atoms with Gasteiger partial charge in [0.1, 0.15) is 28.9 Å². The number of amides is 2. The molecular formula is C34H38ClF2N7O5S. The molecule has 4 aromatic rings. The number of anilines is 2. The zero-order valence-electron chi connectivity index (χ0n) is 28.1. The third-order valence-corrected chi connectivity index (χ3v) is 10.5. The summed E-state index contributed by atoms with van der Waals surface area (Å²) < 4.78 is 43.7. The number of carbonyl (C=O) groups is 2. The standard InChI is InChI=1S/C34H38ClF2N7O5S/c1-17(14-42-10-6-5-7-11-42)48-30-38-26-21(29(40-30)43-15-18-12-19(16-43)44(18)33(46)47)13-22(35)24(25(26)37)20-8-9-23(36)28-27(20)39-31(50-28)41-32(45)49-34(2,3)4/h8-9,13,17-19H,5-7,10-12,14-16H2,1-4H3,(H,46,47)(H,39,41,45)/t17-,18?,19?/m0/s1. The summed E-state index contributed by atoms with van der Waals surface area (Å²) in [4.78, 5) is 43.7. The number of rotatable bonds is 7. The number of likely N-dealkylation sites (tertiary alicyclic amines) is 1. The number of hydrogen-bond acceptors (Lipinski definition) is 10. The summed E-state index contributed by atoms with van der Waals surface area (Å²) in [6.07, 6.45) is 2.15. The van der Waals surface area contributed by atoms with Gasteiger partial charge in [0.05, 0.1) is 27.3 Å². The zero-order chi connectivity index (χ0) is 35.5. The van der Waals surface area contributed by atoms with Gasteiger partial charge in [0, 0.05) is 36.1 Å². The molecule has 8 rings (SSSR count). The first kappa shape index (κ1) is 34.4. The van der Waals surface area contributed by atoms with Crippen molar-refractivity contribution < 1.29 is 33.0 Å². The number of nitrogens with one attached hydrogen (secondary N) is 1. The van der Waals surface area contributed by atoms with Gasteiger partial charge >= 0.3 is 18.2 Å². The number of fused-ring (bicyclic) bond motifs is 4. The molecule has 4 fully saturated rings. The van der Waals surface area contributed by atoms with Crippen LogP contribution < -0.4 is 15.0 Å². The first-order valence-corrected chi connectivity index (χ1v) is 17.9. The highest BCUT2D eigenvalue weighted by molar-refractivity contribution is 7.22. The molecule has 2 aromatic heterocycles. The lowest BCUT2D eigenvalue weighted by Crippen LogP contribution is -2.70. The van der Waals surface area contributed by atoms with Gasteiger partial charge in [-0.3, -0.25) is 15.1 Å². The maximum Gasteiger partial charge on any atom is 0.413 e. The van der Waals surface area contributed by atoms with Crippen LogP contribution in [-0.2, 0) is 4.74 Å². The monoisotopic (exact) mass is 729 g/mol. The number of nitrogens with zero attached hydrogens (tertiary/aromatic N) is 6. The van der Waals surface area contributed by atoms with Gasteiger partial charge < -0.3 is 19.5 Å². The van der Waals surface area contributed by atoms with E-state index in [1.807, 2.05) is 11.8 Å². The van der Waals surface area contributed by atoms with E-state index < -0.39 is 29.4 Å². The van der Waals surface area contributed by atoms with Gasteiger partial charge in [0.2, 0.25) is 0 Å². The molecule has 2 unspecified atom stereocenters. The molecule has 0 radical (unpaired) electrons. The molecule has 0 saturated carbocycles. The first-order chi connectivity index (χ1) is 23.8. The van der Waals surface area contributed by atoms with Crippen LogP contribution in [0.3, 0.4) is 0 Å². The largest absolute Gasteiger partial charge is 0.465 e. The molecule has 266 valence electrons. The summed E-state index contributed by atoms with van der Waals surface area (Å²) in [5.74, 6) is -0.983. The number of carboxylic acid groups (broad SMARTS) is 1. The Hall–Kier alpha value is -4.08. The number of hydrogen-bond donors (Lipinski definition) is 2. The summed E-state index contributed by atoms with van der Waals surface area (Å²) >= 11 is 7.74. The number of ether oxygens (including phenoxy) is 2. The highest BCUT2D eigenvalue weighted by Gasteiger charge is 2.48. The second kappa shape index (κ2) is 13.2. The third kappa shape index (κ3) is 6.70. The molecule has 2 amide bonds. The summed E-state index contributed by atoms with van der Waals surface area (Å²) in [6, 6.07) is 3.70. The van der Waals surface area contributed by atoms with E-state index in [2.05, 4.69) is 20.2 Å². The van der Waals surface area contributed by atoms with E-state index in [9.17, 15) is 14.7 Å². The number of thiazole rings is 1. The van der Waals surface area contributed by atoms with Crippen molar-refractivity contribution in [1.82, 2.24) is 24.8 Å². The van der Waals surface area contributed by atoms with Gasteiger partial charge in [-0.2, -0.15) is 9.97 Å². The molecular weight excluding hydrogens is 692 g/mol. The predicted octanol–water partition coefficient (Wildman–Crippen LogP) is 7.38. The molecule has 12 nitrogen and oxygen atoms in total. The van der Waals surface area contributed by atoms with Crippen LogP contribution in [0, 0.1) is 11.6 Å². The molecule has 2 N–H and O–H groups in total. The van der Waals surface area contributed by atoms with Crippen molar-refractivity contribution >= 4 is 67.2 Å². The third-order valence-electron chi connectivity index (χ3n) is 9.20. The SMILES string of the molecule is C[C@@H](CN1CCCCC1)Oc1nc(N2CC3CC(C2)N3C(=O)O)c2cc(Cl)c(-c3ccc(F)c4sc(NC(=O)OC(C)(C)C)nc34)c(F)c2n1. The second-order valence-electron chi connectivity index (χ2n) is 14.1. The Morgan fingerprint density at radius 1 is 1.10 bits per heavy atom. The first-order valence-electron chi connectivity index (χ1n) is 16.7. The molecule has 50 heavy (non-hydrogen) atoms. The lowest BCUT2D eigenvalue weighted by atomic mass is 9.88. The molecule has 4 aliphatic heterocycles. The number of aromatic nitrogens is 3. The fourth-order valence-corrected chi connectivity index (χ4v) is 8.32. The van der Waals surface area contributed by atoms with E-state index in [0.29, 0.717) is 30.8 Å². The lowest BCUT2D eigenvalue weighted by molar-refractivity contribution is 0.0112. The van der Waals surface area contributed by atoms with E-state index in [0.717, 1.165) is 43.7 Å². The van der Waals surface area contributed by atoms with Crippen LogP contribution in [0.1, 0.15) is 53.4 Å². The summed E-state index contributed by atoms with van der Waals surface area (Å²) in [6.45, 7) is 10.4.